The van der Waals surface area contributed by atoms with Gasteiger partial charge < -0.3 is 4.42 Å². The number of carbonyl (C=O) groups excluding carboxylic acids is 1. The molecule has 0 fully saturated rings. The van der Waals surface area contributed by atoms with Crippen LogP contribution < -0.4 is 0 Å². The van der Waals surface area contributed by atoms with Crippen molar-refractivity contribution in [3.63, 3.8) is 0 Å². The zero-order valence-corrected chi connectivity index (χ0v) is 11.5. The first-order valence-corrected chi connectivity index (χ1v) is 6.69. The van der Waals surface area contributed by atoms with Crippen LogP contribution in [0.25, 0.3) is 0 Å². The number of benzene rings is 1. The summed E-state index contributed by atoms with van der Waals surface area (Å²) in [7, 11) is 0. The summed E-state index contributed by atoms with van der Waals surface area (Å²) in [5.41, 5.74) is 1.97. The summed E-state index contributed by atoms with van der Waals surface area (Å²) >= 11 is 1.28. The molecule has 0 aliphatic carbocycles. The van der Waals surface area contributed by atoms with Gasteiger partial charge in [0, 0.05) is 5.56 Å². The van der Waals surface area contributed by atoms with E-state index in [1.54, 1.807) is 24.3 Å². The van der Waals surface area contributed by atoms with E-state index >= 15 is 0 Å². The first-order valence-electron chi connectivity index (χ1n) is 5.70. The monoisotopic (exact) mass is 272 g/mol. The highest BCUT2D eigenvalue weighted by Crippen LogP contribution is 2.21. The number of oxazole rings is 1. The van der Waals surface area contributed by atoms with Crippen molar-refractivity contribution in [2.75, 3.05) is 5.75 Å². The lowest BCUT2D eigenvalue weighted by Gasteiger charge is -1.99. The highest BCUT2D eigenvalue weighted by Gasteiger charge is 2.11. The third-order valence-electron chi connectivity index (χ3n) is 2.67. The molecule has 1 aromatic carbocycles. The summed E-state index contributed by atoms with van der Waals surface area (Å²) in [6, 6.07) is 8.61. The molecule has 4 nitrogen and oxygen atoms in total. The Bertz CT molecular complexity index is 619. The maximum atomic E-state index is 11.9. The summed E-state index contributed by atoms with van der Waals surface area (Å²) in [4.78, 5) is 16.1. The van der Waals surface area contributed by atoms with E-state index in [1.165, 1.54) is 11.8 Å². The Balaban J connectivity index is 1.99. The van der Waals surface area contributed by atoms with Crippen molar-refractivity contribution in [3.05, 3.63) is 46.8 Å². The Kier molecular flexibility index (Phi) is 4.03. The molecule has 0 saturated heterocycles. The van der Waals surface area contributed by atoms with Crippen molar-refractivity contribution >= 4 is 17.5 Å². The predicted molar refractivity (Wildman–Crippen MR) is 72.2 cm³/mol. The number of nitrogens with zero attached hydrogens (tertiary/aromatic N) is 2. The van der Waals surface area contributed by atoms with Gasteiger partial charge in [0.2, 0.25) is 0 Å². The van der Waals surface area contributed by atoms with Crippen LogP contribution in [0.2, 0.25) is 0 Å². The molecule has 1 aromatic heterocycles. The van der Waals surface area contributed by atoms with E-state index in [2.05, 4.69) is 4.98 Å². The minimum atomic E-state index is -0.0111. The number of thioether (sulfide) groups is 1. The van der Waals surface area contributed by atoms with Crippen LogP contribution in [0, 0.1) is 25.2 Å². The van der Waals surface area contributed by atoms with Crippen LogP contribution in [0.3, 0.4) is 0 Å². The van der Waals surface area contributed by atoms with E-state index in [0.29, 0.717) is 16.3 Å². The van der Waals surface area contributed by atoms with Gasteiger partial charge in [-0.3, -0.25) is 4.79 Å². The molecule has 96 valence electrons. The third-order valence-corrected chi connectivity index (χ3v) is 3.50. The number of ketones is 1. The summed E-state index contributed by atoms with van der Waals surface area (Å²) in [5.74, 6) is 1.03. The van der Waals surface area contributed by atoms with Gasteiger partial charge in [0.05, 0.1) is 23.1 Å². The van der Waals surface area contributed by atoms with Crippen LogP contribution in [0.1, 0.15) is 27.4 Å². The SMILES string of the molecule is Cc1nc(SCC(=O)c2ccc(C#N)cc2)oc1C. The summed E-state index contributed by atoms with van der Waals surface area (Å²) < 4.78 is 5.39. The van der Waals surface area contributed by atoms with E-state index in [9.17, 15) is 4.79 Å². The Morgan fingerprint density at radius 1 is 1.37 bits per heavy atom. The standard InChI is InChI=1S/C14H12N2O2S/c1-9-10(2)18-14(16-9)19-8-13(17)12-5-3-11(7-15)4-6-12/h3-6H,8H2,1-2H3. The van der Waals surface area contributed by atoms with Crippen LogP contribution in [0.5, 0.6) is 0 Å². The largest absolute Gasteiger partial charge is 0.437 e. The quantitative estimate of drug-likeness (QED) is 0.632. The Morgan fingerprint density at radius 2 is 2.05 bits per heavy atom. The van der Waals surface area contributed by atoms with Crippen LogP contribution in [0.4, 0.5) is 0 Å². The van der Waals surface area contributed by atoms with Crippen LogP contribution in [-0.2, 0) is 0 Å². The average Bonchev–Trinajstić information content (AvgIpc) is 2.75. The molecule has 0 atom stereocenters. The molecular weight excluding hydrogens is 260 g/mol. The lowest BCUT2D eigenvalue weighted by atomic mass is 10.1. The van der Waals surface area contributed by atoms with Gasteiger partial charge in [-0.15, -0.1) is 0 Å². The number of hydrogen-bond acceptors (Lipinski definition) is 5. The molecule has 0 saturated carbocycles. The fraction of sp³-hybridized carbons (Fsp3) is 0.214. The number of nitriles is 1. The average molecular weight is 272 g/mol. The summed E-state index contributed by atoms with van der Waals surface area (Å²) in [6.45, 7) is 3.71. The highest BCUT2D eigenvalue weighted by atomic mass is 32.2. The van der Waals surface area contributed by atoms with E-state index in [0.717, 1.165) is 11.5 Å². The van der Waals surface area contributed by atoms with Gasteiger partial charge in [0.15, 0.2) is 5.78 Å². The molecule has 0 aliphatic heterocycles. The second-order valence-electron chi connectivity index (χ2n) is 4.02. The predicted octanol–water partition coefficient (Wildman–Crippen LogP) is 3.14. The molecule has 2 aromatic rings. The Hall–Kier alpha value is -2.06. The molecule has 0 bridgehead atoms. The van der Waals surface area contributed by atoms with Crippen molar-refractivity contribution in [1.82, 2.24) is 4.98 Å². The number of hydrogen-bond donors (Lipinski definition) is 0. The second kappa shape index (κ2) is 5.72. The second-order valence-corrected chi connectivity index (χ2v) is 4.95. The van der Waals surface area contributed by atoms with Crippen molar-refractivity contribution in [2.24, 2.45) is 0 Å². The Labute approximate surface area is 115 Å². The molecule has 0 N–H and O–H groups in total. The van der Waals surface area contributed by atoms with E-state index < -0.39 is 0 Å². The van der Waals surface area contributed by atoms with E-state index in [1.807, 2.05) is 19.9 Å². The van der Waals surface area contributed by atoms with Crippen molar-refractivity contribution in [1.29, 1.82) is 5.26 Å². The van der Waals surface area contributed by atoms with Crippen molar-refractivity contribution in [3.8, 4) is 6.07 Å². The molecule has 1 heterocycles. The molecule has 0 amide bonds. The zero-order valence-electron chi connectivity index (χ0n) is 10.6. The van der Waals surface area contributed by atoms with Gasteiger partial charge in [-0.25, -0.2) is 4.98 Å². The fourth-order valence-corrected chi connectivity index (χ4v) is 2.25. The normalized spacial score (nSPS) is 10.2. The lowest BCUT2D eigenvalue weighted by molar-refractivity contribution is 0.102. The van der Waals surface area contributed by atoms with Crippen molar-refractivity contribution in [2.45, 2.75) is 19.1 Å². The summed E-state index contributed by atoms with van der Waals surface area (Å²) in [6.07, 6.45) is 0. The number of rotatable bonds is 4. The molecule has 2 rings (SSSR count). The molecular formula is C14H12N2O2S. The van der Waals surface area contributed by atoms with Gasteiger partial charge in [0.1, 0.15) is 5.76 Å². The van der Waals surface area contributed by atoms with Gasteiger partial charge in [0.25, 0.3) is 5.22 Å². The maximum Gasteiger partial charge on any atom is 0.256 e. The zero-order chi connectivity index (χ0) is 13.8. The minimum absolute atomic E-state index is 0.0111. The smallest absolute Gasteiger partial charge is 0.256 e. The molecule has 0 unspecified atom stereocenters. The lowest BCUT2D eigenvalue weighted by Crippen LogP contribution is -2.02. The molecule has 0 radical (unpaired) electrons. The van der Waals surface area contributed by atoms with Gasteiger partial charge in [-0.2, -0.15) is 5.26 Å². The van der Waals surface area contributed by atoms with Crippen LogP contribution >= 0.6 is 11.8 Å². The summed E-state index contributed by atoms with van der Waals surface area (Å²) in [5, 5.41) is 9.20. The van der Waals surface area contributed by atoms with Crippen LogP contribution in [-0.4, -0.2) is 16.5 Å². The first kappa shape index (κ1) is 13.4. The van der Waals surface area contributed by atoms with Gasteiger partial charge in [-0.05, 0) is 26.0 Å². The Morgan fingerprint density at radius 3 is 2.58 bits per heavy atom. The molecule has 19 heavy (non-hydrogen) atoms. The number of aromatic nitrogens is 1. The van der Waals surface area contributed by atoms with Crippen molar-refractivity contribution < 1.29 is 9.21 Å². The number of carbonyl (C=O) groups is 1. The maximum absolute atomic E-state index is 11.9. The fourth-order valence-electron chi connectivity index (χ4n) is 1.45. The van der Waals surface area contributed by atoms with Gasteiger partial charge >= 0.3 is 0 Å². The van der Waals surface area contributed by atoms with E-state index in [4.69, 9.17) is 9.68 Å². The first-order chi connectivity index (χ1) is 9.10. The van der Waals surface area contributed by atoms with Gasteiger partial charge in [-0.1, -0.05) is 23.9 Å². The van der Waals surface area contributed by atoms with Crippen LogP contribution in [0.15, 0.2) is 33.9 Å². The minimum Gasteiger partial charge on any atom is -0.437 e. The molecule has 0 aliphatic rings. The number of aryl methyl sites for hydroxylation is 2. The number of Topliss-reactive ketones (excluding diaryl/α,β-unsaturated/α-hetero) is 1. The third kappa shape index (κ3) is 3.24. The highest BCUT2D eigenvalue weighted by molar-refractivity contribution is 7.99. The molecule has 5 heteroatoms. The molecule has 0 spiro atoms. The van der Waals surface area contributed by atoms with E-state index in [-0.39, 0.29) is 11.5 Å². The topological polar surface area (TPSA) is 66.9 Å².